The Morgan fingerprint density at radius 3 is 2.75 bits per heavy atom. The summed E-state index contributed by atoms with van der Waals surface area (Å²) in [5.74, 6) is 0.974. The number of amides is 2. The number of pyridine rings is 1. The molecule has 6 nitrogen and oxygen atoms in total. The lowest BCUT2D eigenvalue weighted by molar-refractivity contribution is -0.121. The second kappa shape index (κ2) is 9.32. The quantitative estimate of drug-likeness (QED) is 0.726. The summed E-state index contributed by atoms with van der Waals surface area (Å²) >= 11 is 1.52. The molecule has 7 heteroatoms. The molecule has 0 radical (unpaired) electrons. The Morgan fingerprint density at radius 1 is 1.17 bits per heavy atom. The molecular weight excluding hydrogens is 324 g/mol. The van der Waals surface area contributed by atoms with Crippen molar-refractivity contribution in [1.29, 1.82) is 0 Å². The van der Waals surface area contributed by atoms with Crippen LogP contribution < -0.4 is 10.6 Å². The smallest absolute Gasteiger partial charge is 0.230 e. The number of aryl methyl sites for hydroxylation is 1. The van der Waals surface area contributed by atoms with Gasteiger partial charge in [-0.05, 0) is 25.0 Å². The predicted octanol–water partition coefficient (Wildman–Crippen LogP) is 1.91. The van der Waals surface area contributed by atoms with Crippen LogP contribution >= 0.6 is 11.8 Å². The van der Waals surface area contributed by atoms with Crippen LogP contribution in [-0.4, -0.2) is 40.0 Å². The van der Waals surface area contributed by atoms with E-state index >= 15 is 0 Å². The van der Waals surface area contributed by atoms with Crippen LogP contribution in [0.25, 0.3) is 5.65 Å². The maximum absolute atomic E-state index is 11.8. The maximum atomic E-state index is 11.8. The molecule has 2 aromatic heterocycles. The molecule has 0 unspecified atom stereocenters. The number of hydrogen-bond acceptors (Lipinski definition) is 4. The fourth-order valence-corrected chi connectivity index (χ4v) is 2.93. The van der Waals surface area contributed by atoms with Crippen molar-refractivity contribution in [2.24, 2.45) is 0 Å². The van der Waals surface area contributed by atoms with E-state index in [1.54, 1.807) is 0 Å². The number of imidazole rings is 1. The van der Waals surface area contributed by atoms with Crippen LogP contribution in [0, 0.1) is 6.92 Å². The molecule has 2 rings (SSSR count). The lowest BCUT2D eigenvalue weighted by Gasteiger charge is -2.05. The third-order valence-corrected chi connectivity index (χ3v) is 4.34. The fraction of sp³-hybridized carbons (Fsp3) is 0.471. The monoisotopic (exact) mass is 348 g/mol. The molecule has 0 saturated heterocycles. The Hall–Kier alpha value is -2.02. The number of nitrogens with zero attached hydrogens (tertiary/aromatic N) is 2. The van der Waals surface area contributed by atoms with Gasteiger partial charge in [0.15, 0.2) is 0 Å². The van der Waals surface area contributed by atoms with Crippen molar-refractivity contribution in [2.75, 3.05) is 18.8 Å². The Kier molecular flexibility index (Phi) is 7.11. The Morgan fingerprint density at radius 2 is 1.96 bits per heavy atom. The minimum absolute atomic E-state index is 0.0233. The van der Waals surface area contributed by atoms with Crippen LogP contribution in [0.3, 0.4) is 0 Å². The van der Waals surface area contributed by atoms with Gasteiger partial charge in [0.1, 0.15) is 5.65 Å². The molecule has 2 aromatic rings. The second-order valence-electron chi connectivity index (χ2n) is 5.65. The van der Waals surface area contributed by atoms with Crippen molar-refractivity contribution in [3.63, 3.8) is 0 Å². The zero-order chi connectivity index (χ0) is 17.4. The molecule has 0 aliphatic rings. The minimum Gasteiger partial charge on any atom is -0.356 e. The van der Waals surface area contributed by atoms with E-state index < -0.39 is 0 Å². The van der Waals surface area contributed by atoms with Crippen molar-refractivity contribution in [3.05, 3.63) is 35.8 Å². The van der Waals surface area contributed by atoms with Gasteiger partial charge in [-0.15, -0.1) is 11.8 Å². The van der Waals surface area contributed by atoms with Gasteiger partial charge in [-0.25, -0.2) is 4.98 Å². The van der Waals surface area contributed by atoms with E-state index in [2.05, 4.69) is 15.6 Å². The van der Waals surface area contributed by atoms with E-state index in [1.165, 1.54) is 17.3 Å². The molecule has 24 heavy (non-hydrogen) atoms. The summed E-state index contributed by atoms with van der Waals surface area (Å²) < 4.78 is 2.00. The van der Waals surface area contributed by atoms with Gasteiger partial charge in [0.25, 0.3) is 0 Å². The lowest BCUT2D eigenvalue weighted by Crippen LogP contribution is -2.31. The van der Waals surface area contributed by atoms with E-state index in [0.29, 0.717) is 31.0 Å². The Bertz CT molecular complexity index is 699. The number of aromatic nitrogens is 2. The van der Waals surface area contributed by atoms with Gasteiger partial charge >= 0.3 is 0 Å². The fourth-order valence-electron chi connectivity index (χ4n) is 2.19. The van der Waals surface area contributed by atoms with Crippen molar-refractivity contribution >= 4 is 29.2 Å². The second-order valence-corrected chi connectivity index (χ2v) is 6.63. The van der Waals surface area contributed by atoms with Crippen molar-refractivity contribution in [2.45, 2.75) is 32.4 Å². The third-order valence-electron chi connectivity index (χ3n) is 3.38. The highest BCUT2D eigenvalue weighted by molar-refractivity contribution is 7.99. The molecule has 0 aliphatic heterocycles. The zero-order valence-electron chi connectivity index (χ0n) is 14.2. The first kappa shape index (κ1) is 18.3. The van der Waals surface area contributed by atoms with E-state index in [4.69, 9.17) is 0 Å². The number of thioether (sulfide) groups is 1. The van der Waals surface area contributed by atoms with Crippen molar-refractivity contribution in [3.8, 4) is 0 Å². The minimum atomic E-state index is -0.0529. The normalized spacial score (nSPS) is 10.8. The molecule has 0 aliphatic carbocycles. The zero-order valence-corrected chi connectivity index (χ0v) is 15.0. The molecule has 0 saturated carbocycles. The number of carbonyl (C=O) groups excluding carboxylic acids is 2. The third kappa shape index (κ3) is 5.88. The largest absolute Gasteiger partial charge is 0.356 e. The molecule has 0 aromatic carbocycles. The van der Waals surface area contributed by atoms with Crippen molar-refractivity contribution in [1.82, 2.24) is 20.0 Å². The molecule has 130 valence electrons. The Balaban J connectivity index is 1.65. The maximum Gasteiger partial charge on any atom is 0.230 e. The summed E-state index contributed by atoms with van der Waals surface area (Å²) in [6.07, 6.45) is 5.26. The van der Waals surface area contributed by atoms with Crippen LogP contribution in [0.2, 0.25) is 0 Å². The topological polar surface area (TPSA) is 75.5 Å². The number of nitrogens with one attached hydrogen (secondary N) is 2. The first-order valence-electron chi connectivity index (χ1n) is 8.14. The SMILES string of the molecule is CCCNC(=O)CCNC(=O)CSCc1cn2cc(C)ccc2n1. The van der Waals surface area contributed by atoms with Gasteiger partial charge in [0, 0.05) is 37.7 Å². The van der Waals surface area contributed by atoms with Gasteiger partial charge in [-0.1, -0.05) is 13.0 Å². The highest BCUT2D eigenvalue weighted by Crippen LogP contribution is 2.13. The molecule has 0 fully saturated rings. The Labute approximate surface area is 146 Å². The van der Waals surface area contributed by atoms with Gasteiger partial charge in [-0.2, -0.15) is 0 Å². The molecule has 0 atom stereocenters. The first-order chi connectivity index (χ1) is 11.6. The predicted molar refractivity (Wildman–Crippen MR) is 97.0 cm³/mol. The molecule has 2 N–H and O–H groups in total. The van der Waals surface area contributed by atoms with Crippen LogP contribution in [0.1, 0.15) is 31.0 Å². The molecule has 2 heterocycles. The van der Waals surface area contributed by atoms with E-state index in [0.717, 1.165) is 17.8 Å². The van der Waals surface area contributed by atoms with E-state index in [9.17, 15) is 9.59 Å². The van der Waals surface area contributed by atoms with Gasteiger partial charge in [-0.3, -0.25) is 9.59 Å². The highest BCUT2D eigenvalue weighted by atomic mass is 32.2. The first-order valence-corrected chi connectivity index (χ1v) is 9.29. The molecule has 2 amide bonds. The summed E-state index contributed by atoms with van der Waals surface area (Å²) in [5, 5.41) is 5.55. The summed E-state index contributed by atoms with van der Waals surface area (Å²) in [6.45, 7) is 5.11. The standard InChI is InChI=1S/C17H24N4O2S/c1-3-7-18-16(22)6-8-19-17(23)12-24-11-14-10-21-9-13(2)4-5-15(21)20-14/h4-5,9-10H,3,6-8,11-12H2,1-2H3,(H,18,22)(H,19,23). The lowest BCUT2D eigenvalue weighted by atomic mass is 10.3. The summed E-state index contributed by atoms with van der Waals surface area (Å²) in [5.41, 5.74) is 3.05. The van der Waals surface area contributed by atoms with E-state index in [-0.39, 0.29) is 11.8 Å². The van der Waals surface area contributed by atoms with Crippen LogP contribution in [0.4, 0.5) is 0 Å². The van der Waals surface area contributed by atoms with Crippen LogP contribution in [-0.2, 0) is 15.3 Å². The summed E-state index contributed by atoms with van der Waals surface area (Å²) in [7, 11) is 0. The number of rotatable bonds is 9. The number of fused-ring (bicyclic) bond motifs is 1. The van der Waals surface area contributed by atoms with E-state index in [1.807, 2.05) is 42.8 Å². The summed E-state index contributed by atoms with van der Waals surface area (Å²) in [4.78, 5) is 27.7. The molecule has 0 bridgehead atoms. The number of hydrogen-bond donors (Lipinski definition) is 2. The average Bonchev–Trinajstić information content (AvgIpc) is 2.94. The van der Waals surface area contributed by atoms with Crippen LogP contribution in [0.15, 0.2) is 24.5 Å². The molecular formula is C17H24N4O2S. The van der Waals surface area contributed by atoms with Gasteiger partial charge in [0.2, 0.25) is 11.8 Å². The van der Waals surface area contributed by atoms with Crippen LogP contribution in [0.5, 0.6) is 0 Å². The summed E-state index contributed by atoms with van der Waals surface area (Å²) in [6, 6.07) is 4.02. The van der Waals surface area contributed by atoms with Crippen molar-refractivity contribution < 1.29 is 9.59 Å². The van der Waals surface area contributed by atoms with Gasteiger partial charge in [0.05, 0.1) is 11.4 Å². The van der Waals surface area contributed by atoms with Gasteiger partial charge < -0.3 is 15.0 Å². The number of carbonyl (C=O) groups is 2. The molecule has 0 spiro atoms. The highest BCUT2D eigenvalue weighted by Gasteiger charge is 2.06. The average molecular weight is 348 g/mol.